The zero-order valence-electron chi connectivity index (χ0n) is 8.60. The molecule has 16 heavy (non-hydrogen) atoms. The van der Waals surface area contributed by atoms with Crippen molar-refractivity contribution in [2.45, 2.75) is 0 Å². The molecule has 0 bridgehead atoms. The predicted molar refractivity (Wildman–Crippen MR) is 58.9 cm³/mol. The minimum absolute atomic E-state index is 0.397. The average molecular weight is 218 g/mol. The van der Waals surface area contributed by atoms with Gasteiger partial charge in [0.15, 0.2) is 5.82 Å². The molecule has 82 valence electrons. The van der Waals surface area contributed by atoms with Gasteiger partial charge in [-0.1, -0.05) is 0 Å². The topological polar surface area (TPSA) is 79.9 Å². The number of hydrogen-bond acceptors (Lipinski definition) is 5. The van der Waals surface area contributed by atoms with Crippen molar-refractivity contribution in [1.29, 1.82) is 0 Å². The summed E-state index contributed by atoms with van der Waals surface area (Å²) in [5, 5.41) is 8.77. The van der Waals surface area contributed by atoms with Crippen LogP contribution in [0.25, 0.3) is 0 Å². The number of rotatable bonds is 3. The van der Waals surface area contributed by atoms with Gasteiger partial charge in [0.2, 0.25) is 0 Å². The highest BCUT2D eigenvalue weighted by Gasteiger charge is 1.97. The fraction of sp³-hybridized carbons (Fsp3) is 0.100. The maximum absolute atomic E-state index is 10.9. The molecular formula is C10H10N4O2. The van der Waals surface area contributed by atoms with Gasteiger partial charge in [-0.05, 0) is 24.3 Å². The lowest BCUT2D eigenvalue weighted by Crippen LogP contribution is -2.13. The Labute approximate surface area is 91.3 Å². The number of hydrogen-bond donors (Lipinski definition) is 2. The number of aromatic nitrogens is 3. The Balaban J connectivity index is 2.17. The molecule has 2 aromatic rings. The van der Waals surface area contributed by atoms with E-state index in [1.807, 2.05) is 24.3 Å². The summed E-state index contributed by atoms with van der Waals surface area (Å²) in [6.07, 6.45) is 1.44. The molecule has 6 heteroatoms. The number of benzene rings is 1. The van der Waals surface area contributed by atoms with E-state index in [2.05, 4.69) is 20.5 Å². The maximum Gasteiger partial charge on any atom is 0.363 e. The number of ether oxygens (including phenoxy) is 1. The molecule has 0 radical (unpaired) electrons. The molecular weight excluding hydrogens is 208 g/mol. The fourth-order valence-corrected chi connectivity index (χ4v) is 1.19. The van der Waals surface area contributed by atoms with Gasteiger partial charge in [0.05, 0.1) is 13.3 Å². The first-order valence-electron chi connectivity index (χ1n) is 4.61. The molecule has 0 atom stereocenters. The molecule has 0 saturated heterocycles. The fourth-order valence-electron chi connectivity index (χ4n) is 1.19. The molecule has 0 aliphatic rings. The second-order valence-electron chi connectivity index (χ2n) is 3.03. The third-order valence-electron chi connectivity index (χ3n) is 1.93. The first kappa shape index (κ1) is 10.2. The molecule has 0 unspecified atom stereocenters. The van der Waals surface area contributed by atoms with Gasteiger partial charge in [-0.25, -0.2) is 9.89 Å². The molecule has 0 fully saturated rings. The molecule has 1 aromatic heterocycles. The third-order valence-corrected chi connectivity index (χ3v) is 1.93. The summed E-state index contributed by atoms with van der Waals surface area (Å²) >= 11 is 0. The van der Waals surface area contributed by atoms with Crippen molar-refractivity contribution < 1.29 is 4.74 Å². The van der Waals surface area contributed by atoms with Crippen molar-refractivity contribution in [2.75, 3.05) is 12.4 Å². The van der Waals surface area contributed by atoms with Crippen LogP contribution in [0.15, 0.2) is 35.3 Å². The number of anilines is 2. The summed E-state index contributed by atoms with van der Waals surface area (Å²) in [7, 11) is 1.60. The second kappa shape index (κ2) is 4.43. The smallest absolute Gasteiger partial charge is 0.363 e. The van der Waals surface area contributed by atoms with E-state index in [1.54, 1.807) is 7.11 Å². The lowest BCUT2D eigenvalue weighted by molar-refractivity contribution is 0.415. The standard InChI is InChI=1S/C10H10N4O2/c1-16-8-4-2-7(3-5-8)12-9-6-11-14-10(15)13-9/h2-6H,1H3,(H2,12,13,14,15). The van der Waals surface area contributed by atoms with Crippen molar-refractivity contribution in [2.24, 2.45) is 0 Å². The molecule has 1 aromatic carbocycles. The zero-order chi connectivity index (χ0) is 11.4. The minimum Gasteiger partial charge on any atom is -0.497 e. The van der Waals surface area contributed by atoms with E-state index < -0.39 is 5.69 Å². The van der Waals surface area contributed by atoms with Gasteiger partial charge in [0, 0.05) is 5.69 Å². The van der Waals surface area contributed by atoms with Gasteiger partial charge in [-0.3, -0.25) is 0 Å². The van der Waals surface area contributed by atoms with Gasteiger partial charge >= 0.3 is 5.69 Å². The normalized spacial score (nSPS) is 9.81. The van der Waals surface area contributed by atoms with Crippen molar-refractivity contribution in [1.82, 2.24) is 15.2 Å². The molecule has 0 aliphatic heterocycles. The first-order valence-corrected chi connectivity index (χ1v) is 4.61. The SMILES string of the molecule is COc1ccc(Nc2cn[nH]c(=O)n2)cc1. The quantitative estimate of drug-likeness (QED) is 0.800. The van der Waals surface area contributed by atoms with Gasteiger partial charge in [-0.2, -0.15) is 10.1 Å². The maximum atomic E-state index is 10.9. The minimum atomic E-state index is -0.487. The molecule has 6 nitrogen and oxygen atoms in total. The van der Waals surface area contributed by atoms with Crippen LogP contribution in [0.5, 0.6) is 5.75 Å². The molecule has 1 heterocycles. The third kappa shape index (κ3) is 2.35. The van der Waals surface area contributed by atoms with E-state index in [0.29, 0.717) is 5.82 Å². The lowest BCUT2D eigenvalue weighted by atomic mass is 10.3. The molecule has 0 saturated carbocycles. The van der Waals surface area contributed by atoms with Crippen LogP contribution in [0.2, 0.25) is 0 Å². The van der Waals surface area contributed by atoms with Crippen LogP contribution >= 0.6 is 0 Å². The van der Waals surface area contributed by atoms with Gasteiger partial charge in [0.1, 0.15) is 5.75 Å². The number of H-pyrrole nitrogens is 1. The second-order valence-corrected chi connectivity index (χ2v) is 3.03. The molecule has 0 aliphatic carbocycles. The van der Waals surface area contributed by atoms with Gasteiger partial charge < -0.3 is 10.1 Å². The number of nitrogens with zero attached hydrogens (tertiary/aromatic N) is 2. The van der Waals surface area contributed by atoms with Crippen molar-refractivity contribution in [3.05, 3.63) is 40.9 Å². The predicted octanol–water partition coefficient (Wildman–Crippen LogP) is 0.917. The molecule has 2 rings (SSSR count). The van der Waals surface area contributed by atoms with E-state index in [4.69, 9.17) is 4.74 Å². The van der Waals surface area contributed by atoms with Crippen LogP contribution in [0.4, 0.5) is 11.5 Å². The summed E-state index contributed by atoms with van der Waals surface area (Å²) in [5.74, 6) is 1.16. The number of nitrogens with one attached hydrogen (secondary N) is 2. The van der Waals surface area contributed by atoms with Gasteiger partial charge in [-0.15, -0.1) is 0 Å². The Hall–Kier alpha value is -2.37. The van der Waals surface area contributed by atoms with E-state index in [1.165, 1.54) is 6.20 Å². The molecule has 2 N–H and O–H groups in total. The Morgan fingerprint density at radius 3 is 2.69 bits per heavy atom. The average Bonchev–Trinajstić information content (AvgIpc) is 2.30. The summed E-state index contributed by atoms with van der Waals surface area (Å²) in [4.78, 5) is 14.6. The number of aromatic amines is 1. The Morgan fingerprint density at radius 2 is 2.06 bits per heavy atom. The largest absolute Gasteiger partial charge is 0.497 e. The van der Waals surface area contributed by atoms with Crippen LogP contribution < -0.4 is 15.7 Å². The lowest BCUT2D eigenvalue weighted by Gasteiger charge is -2.05. The highest BCUT2D eigenvalue weighted by molar-refractivity contribution is 5.55. The molecule has 0 spiro atoms. The number of methoxy groups -OCH3 is 1. The van der Waals surface area contributed by atoms with E-state index >= 15 is 0 Å². The Morgan fingerprint density at radius 1 is 1.31 bits per heavy atom. The van der Waals surface area contributed by atoms with Crippen LogP contribution in [-0.4, -0.2) is 22.3 Å². The monoisotopic (exact) mass is 218 g/mol. The first-order chi connectivity index (χ1) is 7.78. The molecule has 0 amide bonds. The summed E-state index contributed by atoms with van der Waals surface area (Å²) in [6.45, 7) is 0. The van der Waals surface area contributed by atoms with Gasteiger partial charge in [0.25, 0.3) is 0 Å². The van der Waals surface area contributed by atoms with E-state index in [9.17, 15) is 4.79 Å². The van der Waals surface area contributed by atoms with Crippen LogP contribution in [0.1, 0.15) is 0 Å². The Bertz CT molecular complexity index is 521. The van der Waals surface area contributed by atoms with Crippen molar-refractivity contribution in [3.63, 3.8) is 0 Å². The highest BCUT2D eigenvalue weighted by Crippen LogP contribution is 2.17. The van der Waals surface area contributed by atoms with Crippen molar-refractivity contribution in [3.8, 4) is 5.75 Å². The summed E-state index contributed by atoms with van der Waals surface area (Å²) < 4.78 is 5.03. The highest BCUT2D eigenvalue weighted by atomic mass is 16.5. The van der Waals surface area contributed by atoms with E-state index in [-0.39, 0.29) is 0 Å². The van der Waals surface area contributed by atoms with E-state index in [0.717, 1.165) is 11.4 Å². The van der Waals surface area contributed by atoms with Crippen LogP contribution in [0, 0.1) is 0 Å². The van der Waals surface area contributed by atoms with Crippen molar-refractivity contribution >= 4 is 11.5 Å². The Kier molecular flexibility index (Phi) is 2.81. The summed E-state index contributed by atoms with van der Waals surface area (Å²) in [6, 6.07) is 7.26. The summed E-state index contributed by atoms with van der Waals surface area (Å²) in [5.41, 5.74) is 0.319. The van der Waals surface area contributed by atoms with Crippen LogP contribution in [-0.2, 0) is 0 Å². The van der Waals surface area contributed by atoms with Crippen LogP contribution in [0.3, 0.4) is 0 Å². The zero-order valence-corrected chi connectivity index (χ0v) is 8.60.